The van der Waals surface area contributed by atoms with Gasteiger partial charge < -0.3 is 15.4 Å². The number of hydrogen-bond donors (Lipinski definition) is 2. The standard InChI is InChI=1S/C21H20N4O3/c1-28-21(27)16-8-5-9-17(12-16)25-20(26)18-13-24-19(14-23-18)22-11-10-15-6-3-2-4-7-15/h2-9,12-14H,10-11H2,1H3,(H,22,24)(H,25,26). The van der Waals surface area contributed by atoms with Gasteiger partial charge in [0.15, 0.2) is 0 Å². The average Bonchev–Trinajstić information content (AvgIpc) is 2.74. The van der Waals surface area contributed by atoms with Gasteiger partial charge in [0, 0.05) is 12.2 Å². The van der Waals surface area contributed by atoms with E-state index < -0.39 is 11.9 Å². The third-order valence-electron chi connectivity index (χ3n) is 3.99. The van der Waals surface area contributed by atoms with E-state index in [0.717, 1.165) is 6.42 Å². The SMILES string of the molecule is COC(=O)c1cccc(NC(=O)c2cnc(NCCc3ccccc3)cn2)c1. The molecule has 0 saturated heterocycles. The molecule has 2 N–H and O–H groups in total. The molecule has 1 amide bonds. The van der Waals surface area contributed by atoms with Crippen molar-refractivity contribution in [2.24, 2.45) is 0 Å². The number of nitrogens with one attached hydrogen (secondary N) is 2. The average molecular weight is 376 g/mol. The molecule has 0 fully saturated rings. The molecule has 0 unspecified atom stereocenters. The minimum atomic E-state index is -0.471. The molecule has 1 aromatic heterocycles. The van der Waals surface area contributed by atoms with E-state index in [9.17, 15) is 9.59 Å². The number of nitrogens with zero attached hydrogens (tertiary/aromatic N) is 2. The van der Waals surface area contributed by atoms with Crippen LogP contribution >= 0.6 is 0 Å². The lowest BCUT2D eigenvalue weighted by molar-refractivity contribution is 0.0600. The van der Waals surface area contributed by atoms with Gasteiger partial charge in [-0.15, -0.1) is 0 Å². The summed E-state index contributed by atoms with van der Waals surface area (Å²) in [6, 6.07) is 16.6. The highest BCUT2D eigenvalue weighted by Crippen LogP contribution is 2.13. The third-order valence-corrected chi connectivity index (χ3v) is 3.99. The summed E-state index contributed by atoms with van der Waals surface area (Å²) < 4.78 is 4.67. The van der Waals surface area contributed by atoms with Crippen LogP contribution in [0.4, 0.5) is 11.5 Å². The van der Waals surface area contributed by atoms with E-state index in [4.69, 9.17) is 0 Å². The van der Waals surface area contributed by atoms with Crippen molar-refractivity contribution in [1.29, 1.82) is 0 Å². The topological polar surface area (TPSA) is 93.2 Å². The van der Waals surface area contributed by atoms with Crippen molar-refractivity contribution in [3.8, 4) is 0 Å². The van der Waals surface area contributed by atoms with Crippen LogP contribution < -0.4 is 10.6 Å². The Morgan fingerprint density at radius 3 is 2.54 bits per heavy atom. The quantitative estimate of drug-likeness (QED) is 0.615. The number of amides is 1. The summed E-state index contributed by atoms with van der Waals surface area (Å²) in [7, 11) is 1.30. The summed E-state index contributed by atoms with van der Waals surface area (Å²) in [5.74, 6) is -0.285. The summed E-state index contributed by atoms with van der Waals surface area (Å²) in [5, 5.41) is 5.87. The normalized spacial score (nSPS) is 10.2. The molecule has 142 valence electrons. The number of methoxy groups -OCH3 is 1. The largest absolute Gasteiger partial charge is 0.465 e. The van der Waals surface area contributed by atoms with Gasteiger partial charge in [0.25, 0.3) is 5.91 Å². The molecular weight excluding hydrogens is 356 g/mol. The van der Waals surface area contributed by atoms with Crippen LogP contribution in [0.2, 0.25) is 0 Å². The second kappa shape index (κ2) is 9.27. The molecule has 2 aromatic carbocycles. The monoisotopic (exact) mass is 376 g/mol. The Morgan fingerprint density at radius 1 is 1.00 bits per heavy atom. The Balaban J connectivity index is 1.55. The zero-order chi connectivity index (χ0) is 19.8. The second-order valence-corrected chi connectivity index (χ2v) is 5.98. The van der Waals surface area contributed by atoms with E-state index in [-0.39, 0.29) is 5.69 Å². The summed E-state index contributed by atoms with van der Waals surface area (Å²) in [4.78, 5) is 32.3. The van der Waals surface area contributed by atoms with Crippen molar-refractivity contribution in [3.63, 3.8) is 0 Å². The van der Waals surface area contributed by atoms with Crippen molar-refractivity contribution < 1.29 is 14.3 Å². The van der Waals surface area contributed by atoms with Gasteiger partial charge >= 0.3 is 5.97 Å². The highest BCUT2D eigenvalue weighted by molar-refractivity contribution is 6.03. The molecule has 0 bridgehead atoms. The van der Waals surface area contributed by atoms with Crippen molar-refractivity contribution in [2.75, 3.05) is 24.3 Å². The highest BCUT2D eigenvalue weighted by atomic mass is 16.5. The molecule has 0 atom stereocenters. The molecule has 0 radical (unpaired) electrons. The van der Waals surface area contributed by atoms with E-state index in [2.05, 4.69) is 37.5 Å². The molecule has 7 heteroatoms. The lowest BCUT2D eigenvalue weighted by atomic mass is 10.1. The van der Waals surface area contributed by atoms with E-state index in [1.165, 1.54) is 31.1 Å². The predicted molar refractivity (Wildman–Crippen MR) is 106 cm³/mol. The van der Waals surface area contributed by atoms with Crippen LogP contribution in [-0.2, 0) is 11.2 Å². The molecule has 0 aliphatic heterocycles. The summed E-state index contributed by atoms with van der Waals surface area (Å²) in [6.07, 6.45) is 3.79. The van der Waals surface area contributed by atoms with Gasteiger partial charge in [-0.05, 0) is 30.2 Å². The van der Waals surface area contributed by atoms with Gasteiger partial charge in [-0.1, -0.05) is 36.4 Å². The fraction of sp³-hybridized carbons (Fsp3) is 0.143. The summed E-state index contributed by atoms with van der Waals surface area (Å²) in [6.45, 7) is 0.713. The number of carbonyl (C=O) groups excluding carboxylic acids is 2. The maximum atomic E-state index is 12.3. The van der Waals surface area contributed by atoms with E-state index in [0.29, 0.717) is 23.6 Å². The van der Waals surface area contributed by atoms with Crippen molar-refractivity contribution in [1.82, 2.24) is 9.97 Å². The van der Waals surface area contributed by atoms with Crippen molar-refractivity contribution in [2.45, 2.75) is 6.42 Å². The van der Waals surface area contributed by atoms with E-state index >= 15 is 0 Å². The molecule has 0 spiro atoms. The number of esters is 1. The van der Waals surface area contributed by atoms with Crippen LogP contribution in [0.1, 0.15) is 26.4 Å². The molecule has 0 saturated carbocycles. The Kier molecular flexibility index (Phi) is 6.30. The van der Waals surface area contributed by atoms with Crippen LogP contribution in [0.5, 0.6) is 0 Å². The lowest BCUT2D eigenvalue weighted by Gasteiger charge is -2.08. The number of hydrogen-bond acceptors (Lipinski definition) is 6. The molecule has 0 aliphatic rings. The molecular formula is C21H20N4O3. The van der Waals surface area contributed by atoms with Crippen molar-refractivity contribution in [3.05, 3.63) is 83.8 Å². The van der Waals surface area contributed by atoms with Crippen molar-refractivity contribution >= 4 is 23.4 Å². The summed E-state index contributed by atoms with van der Waals surface area (Å²) >= 11 is 0. The Bertz CT molecular complexity index is 943. The maximum absolute atomic E-state index is 12.3. The Hall–Kier alpha value is -3.74. The minimum absolute atomic E-state index is 0.178. The number of rotatable bonds is 7. The van der Waals surface area contributed by atoms with Gasteiger partial charge in [-0.2, -0.15) is 0 Å². The van der Waals surface area contributed by atoms with Crippen LogP contribution in [0.15, 0.2) is 67.0 Å². The maximum Gasteiger partial charge on any atom is 0.337 e. The second-order valence-electron chi connectivity index (χ2n) is 5.98. The number of anilines is 2. The lowest BCUT2D eigenvalue weighted by Crippen LogP contribution is -2.15. The first kappa shape index (κ1) is 19.0. The Morgan fingerprint density at radius 2 is 1.82 bits per heavy atom. The van der Waals surface area contributed by atoms with Crippen LogP contribution in [0.25, 0.3) is 0 Å². The van der Waals surface area contributed by atoms with Gasteiger partial charge in [-0.25, -0.2) is 14.8 Å². The zero-order valence-electron chi connectivity index (χ0n) is 15.4. The number of ether oxygens (including phenoxy) is 1. The van der Waals surface area contributed by atoms with Gasteiger partial charge in [0.05, 0.1) is 25.1 Å². The first-order valence-electron chi connectivity index (χ1n) is 8.75. The first-order chi connectivity index (χ1) is 13.7. The fourth-order valence-electron chi connectivity index (χ4n) is 2.55. The number of carbonyl (C=O) groups is 2. The van der Waals surface area contributed by atoms with Crippen LogP contribution in [0.3, 0.4) is 0 Å². The van der Waals surface area contributed by atoms with Gasteiger partial charge in [0.2, 0.25) is 0 Å². The minimum Gasteiger partial charge on any atom is -0.465 e. The van der Waals surface area contributed by atoms with Gasteiger partial charge in [-0.3, -0.25) is 4.79 Å². The highest BCUT2D eigenvalue weighted by Gasteiger charge is 2.11. The molecule has 1 heterocycles. The van der Waals surface area contributed by atoms with Crippen LogP contribution in [0, 0.1) is 0 Å². The molecule has 7 nitrogen and oxygen atoms in total. The molecule has 0 aliphatic carbocycles. The molecule has 28 heavy (non-hydrogen) atoms. The Labute approximate surface area is 162 Å². The van der Waals surface area contributed by atoms with Crippen LogP contribution in [-0.4, -0.2) is 35.5 Å². The van der Waals surface area contributed by atoms with Gasteiger partial charge in [0.1, 0.15) is 11.5 Å². The number of benzene rings is 2. The summed E-state index contributed by atoms with van der Waals surface area (Å²) in [5.41, 5.74) is 2.23. The smallest absolute Gasteiger partial charge is 0.337 e. The zero-order valence-corrected chi connectivity index (χ0v) is 15.4. The predicted octanol–water partition coefficient (Wildman–Crippen LogP) is 3.17. The van der Waals surface area contributed by atoms with E-state index in [1.54, 1.807) is 18.2 Å². The number of aromatic nitrogens is 2. The third kappa shape index (κ3) is 5.14. The fourth-order valence-corrected chi connectivity index (χ4v) is 2.55. The first-order valence-corrected chi connectivity index (χ1v) is 8.75. The molecule has 3 rings (SSSR count). The molecule has 3 aromatic rings. The van der Waals surface area contributed by atoms with E-state index in [1.807, 2.05) is 18.2 Å².